The van der Waals surface area contributed by atoms with Crippen molar-refractivity contribution >= 4 is 58.4 Å². The highest BCUT2D eigenvalue weighted by molar-refractivity contribution is 8.01. The van der Waals surface area contributed by atoms with Crippen LogP contribution >= 0.6 is 46.3 Å². The van der Waals surface area contributed by atoms with Crippen LogP contribution in [0.25, 0.3) is 11.3 Å². The van der Waals surface area contributed by atoms with Gasteiger partial charge in [0.15, 0.2) is 15.8 Å². The molecule has 6 nitrogen and oxygen atoms in total. The molecule has 1 heterocycles. The van der Waals surface area contributed by atoms with Gasteiger partial charge in [-0.3, -0.25) is 4.79 Å². The van der Waals surface area contributed by atoms with E-state index in [-0.39, 0.29) is 18.3 Å². The van der Waals surface area contributed by atoms with Gasteiger partial charge in [0.25, 0.3) is 5.91 Å². The van der Waals surface area contributed by atoms with Gasteiger partial charge < -0.3 is 9.47 Å². The molecule has 0 aliphatic rings. The summed E-state index contributed by atoms with van der Waals surface area (Å²) >= 11 is 15.0. The molecule has 3 aromatic carbocycles. The van der Waals surface area contributed by atoms with E-state index in [4.69, 9.17) is 32.7 Å². The molecule has 36 heavy (non-hydrogen) atoms. The van der Waals surface area contributed by atoms with E-state index in [1.54, 1.807) is 37.6 Å². The number of rotatable bonds is 10. The van der Waals surface area contributed by atoms with E-state index in [2.05, 4.69) is 15.5 Å². The zero-order chi connectivity index (χ0) is 25.3. The van der Waals surface area contributed by atoms with Crippen molar-refractivity contribution in [1.82, 2.24) is 10.4 Å². The second-order valence-electron chi connectivity index (χ2n) is 7.38. The lowest BCUT2D eigenvalue weighted by Crippen LogP contribution is -2.19. The number of amides is 1. The molecular weight excluding hydrogens is 537 g/mol. The van der Waals surface area contributed by atoms with Crippen LogP contribution in [0.2, 0.25) is 10.0 Å². The third-order valence-corrected chi connectivity index (χ3v) is 7.48. The summed E-state index contributed by atoms with van der Waals surface area (Å²) in [6.07, 6.45) is 1.54. The first-order valence-electron chi connectivity index (χ1n) is 10.7. The minimum absolute atomic E-state index is 0.211. The Morgan fingerprint density at radius 1 is 1.11 bits per heavy atom. The molecule has 1 amide bonds. The van der Waals surface area contributed by atoms with Crippen molar-refractivity contribution in [3.05, 3.63) is 93.3 Å². The van der Waals surface area contributed by atoms with Gasteiger partial charge in [0.1, 0.15) is 6.61 Å². The molecule has 10 heteroatoms. The maximum atomic E-state index is 12.2. The number of halogens is 2. The van der Waals surface area contributed by atoms with E-state index in [1.807, 2.05) is 47.8 Å². The number of methoxy groups -OCH3 is 1. The molecule has 1 N–H and O–H groups in total. The van der Waals surface area contributed by atoms with Crippen LogP contribution in [-0.2, 0) is 11.4 Å². The van der Waals surface area contributed by atoms with Gasteiger partial charge in [-0.2, -0.15) is 5.10 Å². The number of carbonyl (C=O) groups excluding carboxylic acids is 1. The van der Waals surface area contributed by atoms with Crippen LogP contribution in [0.3, 0.4) is 0 Å². The summed E-state index contributed by atoms with van der Waals surface area (Å²) in [5, 5.41) is 7.13. The molecule has 1 aromatic heterocycles. The van der Waals surface area contributed by atoms with Crippen LogP contribution in [0.4, 0.5) is 0 Å². The van der Waals surface area contributed by atoms with Crippen molar-refractivity contribution in [3.8, 4) is 22.8 Å². The number of ether oxygens (including phenoxy) is 2. The molecule has 0 atom stereocenters. The fourth-order valence-electron chi connectivity index (χ4n) is 3.08. The second-order valence-corrected chi connectivity index (χ2v) is 10.3. The summed E-state index contributed by atoms with van der Waals surface area (Å²) in [6, 6.07) is 20.5. The molecule has 0 spiro atoms. The van der Waals surface area contributed by atoms with Gasteiger partial charge in [-0.25, -0.2) is 10.4 Å². The molecule has 0 bridgehead atoms. The Morgan fingerprint density at radius 2 is 1.94 bits per heavy atom. The van der Waals surface area contributed by atoms with Crippen molar-refractivity contribution < 1.29 is 14.3 Å². The lowest BCUT2D eigenvalue weighted by molar-refractivity contribution is -0.118. The number of hydrazone groups is 1. The summed E-state index contributed by atoms with van der Waals surface area (Å²) in [5.41, 5.74) is 6.04. The van der Waals surface area contributed by atoms with Gasteiger partial charge in [0.2, 0.25) is 0 Å². The molecule has 0 saturated carbocycles. The van der Waals surface area contributed by atoms with Crippen LogP contribution in [0.1, 0.15) is 11.1 Å². The Kier molecular flexibility index (Phi) is 9.24. The zero-order valence-corrected chi connectivity index (χ0v) is 22.3. The number of carbonyl (C=O) groups is 1. The van der Waals surface area contributed by atoms with Gasteiger partial charge in [0, 0.05) is 26.6 Å². The second kappa shape index (κ2) is 12.8. The molecule has 0 aliphatic carbocycles. The first-order chi connectivity index (χ1) is 17.5. The van der Waals surface area contributed by atoms with E-state index in [0.717, 1.165) is 26.7 Å². The lowest BCUT2D eigenvalue weighted by Gasteiger charge is -2.12. The molecule has 0 unspecified atom stereocenters. The molecule has 0 radical (unpaired) electrons. The SMILES string of the molecule is COc1cc(/C=N/NC(=O)CSc2nc(-c3ccccc3)cs2)ccc1OCc1ccc(Cl)cc1Cl. The molecule has 0 aliphatic heterocycles. The van der Waals surface area contributed by atoms with Gasteiger partial charge in [-0.05, 0) is 35.9 Å². The highest BCUT2D eigenvalue weighted by Crippen LogP contribution is 2.30. The normalized spacial score (nSPS) is 11.0. The van der Waals surface area contributed by atoms with E-state index in [9.17, 15) is 4.79 Å². The molecule has 4 aromatic rings. The average molecular weight is 559 g/mol. The van der Waals surface area contributed by atoms with E-state index < -0.39 is 0 Å². The Balaban J connectivity index is 1.27. The largest absolute Gasteiger partial charge is 0.493 e. The van der Waals surface area contributed by atoms with Gasteiger partial charge >= 0.3 is 0 Å². The predicted molar refractivity (Wildman–Crippen MR) is 148 cm³/mol. The Labute approximate surface area is 227 Å². The van der Waals surface area contributed by atoms with Crippen molar-refractivity contribution in [2.75, 3.05) is 12.9 Å². The Hall–Kier alpha value is -3.04. The van der Waals surface area contributed by atoms with Crippen molar-refractivity contribution in [3.63, 3.8) is 0 Å². The first-order valence-corrected chi connectivity index (χ1v) is 13.3. The minimum atomic E-state index is -0.223. The molecule has 0 saturated heterocycles. The number of nitrogens with one attached hydrogen (secondary N) is 1. The van der Waals surface area contributed by atoms with Crippen LogP contribution in [-0.4, -0.2) is 30.0 Å². The van der Waals surface area contributed by atoms with Crippen molar-refractivity contribution in [2.24, 2.45) is 5.10 Å². The van der Waals surface area contributed by atoms with Gasteiger partial charge in [-0.1, -0.05) is 71.4 Å². The predicted octanol–water partition coefficient (Wildman–Crippen LogP) is 6.95. The number of aromatic nitrogens is 1. The topological polar surface area (TPSA) is 72.8 Å². The fraction of sp³-hybridized carbons (Fsp3) is 0.115. The first kappa shape index (κ1) is 26.0. The molecule has 4 rings (SSSR count). The summed E-state index contributed by atoms with van der Waals surface area (Å²) in [6.45, 7) is 0.263. The number of thiazole rings is 1. The van der Waals surface area contributed by atoms with Gasteiger partial charge in [-0.15, -0.1) is 11.3 Å². The number of thioether (sulfide) groups is 1. The van der Waals surface area contributed by atoms with Gasteiger partial charge in [0.05, 0.1) is 24.8 Å². The molecule has 184 valence electrons. The van der Waals surface area contributed by atoms with E-state index in [0.29, 0.717) is 21.5 Å². The number of benzene rings is 3. The van der Waals surface area contributed by atoms with Crippen LogP contribution in [0.5, 0.6) is 11.5 Å². The average Bonchev–Trinajstić information content (AvgIpc) is 3.37. The standard InChI is InChI=1S/C26H21Cl2N3O3S2/c1-33-24-11-17(7-10-23(24)34-14-19-8-9-20(27)12-21(19)28)13-29-31-25(32)16-36-26-30-22(15-35-26)18-5-3-2-4-6-18/h2-13,15H,14,16H2,1H3,(H,31,32)/b29-13+. The number of nitrogens with zero attached hydrogens (tertiary/aromatic N) is 2. The lowest BCUT2D eigenvalue weighted by atomic mass is 10.2. The van der Waals surface area contributed by atoms with Crippen molar-refractivity contribution in [2.45, 2.75) is 10.9 Å². The maximum absolute atomic E-state index is 12.2. The monoisotopic (exact) mass is 557 g/mol. The summed E-state index contributed by atoms with van der Waals surface area (Å²) < 4.78 is 12.1. The van der Waals surface area contributed by atoms with Crippen molar-refractivity contribution in [1.29, 1.82) is 0 Å². The quantitative estimate of drug-likeness (QED) is 0.130. The smallest absolute Gasteiger partial charge is 0.250 e. The Bertz CT molecular complexity index is 1360. The summed E-state index contributed by atoms with van der Waals surface area (Å²) in [5.74, 6) is 1.07. The highest BCUT2D eigenvalue weighted by atomic mass is 35.5. The number of hydrogen-bond donors (Lipinski definition) is 1. The third kappa shape index (κ3) is 7.24. The minimum Gasteiger partial charge on any atom is -0.493 e. The van der Waals surface area contributed by atoms with Crippen LogP contribution < -0.4 is 14.9 Å². The molecular formula is C26H21Cl2N3O3S2. The van der Waals surface area contributed by atoms with E-state index in [1.165, 1.54) is 23.1 Å². The zero-order valence-electron chi connectivity index (χ0n) is 19.1. The molecule has 0 fully saturated rings. The Morgan fingerprint density at radius 3 is 2.72 bits per heavy atom. The summed E-state index contributed by atoms with van der Waals surface area (Å²) in [4.78, 5) is 16.8. The number of hydrogen-bond acceptors (Lipinski definition) is 7. The van der Waals surface area contributed by atoms with Crippen LogP contribution in [0.15, 0.2) is 81.6 Å². The van der Waals surface area contributed by atoms with E-state index >= 15 is 0 Å². The fourth-order valence-corrected chi connectivity index (χ4v) is 5.17. The van der Waals surface area contributed by atoms with Crippen LogP contribution in [0, 0.1) is 0 Å². The summed E-state index contributed by atoms with van der Waals surface area (Å²) in [7, 11) is 1.55. The third-order valence-electron chi connectivity index (χ3n) is 4.87. The highest BCUT2D eigenvalue weighted by Gasteiger charge is 2.09. The maximum Gasteiger partial charge on any atom is 0.250 e.